The Hall–Kier alpha value is -2.73. The number of benzene rings is 2. The lowest BCUT2D eigenvalue weighted by atomic mass is 9.88. The molecule has 0 aromatic heterocycles. The van der Waals surface area contributed by atoms with Crippen molar-refractivity contribution in [2.45, 2.75) is 12.5 Å². The number of terminal acetylenes is 1. The third-order valence-corrected chi connectivity index (χ3v) is 4.08. The van der Waals surface area contributed by atoms with Crippen LogP contribution >= 0.6 is 0 Å². The lowest BCUT2D eigenvalue weighted by molar-refractivity contribution is -0.127. The van der Waals surface area contributed by atoms with E-state index in [1.165, 1.54) is 5.56 Å². The van der Waals surface area contributed by atoms with Crippen molar-refractivity contribution in [2.75, 3.05) is 13.7 Å². The highest BCUT2D eigenvalue weighted by atomic mass is 16.5. The first-order valence-electron chi connectivity index (χ1n) is 7.23. The number of hydrogen-bond acceptors (Lipinski definition) is 2. The lowest BCUT2D eigenvalue weighted by Gasteiger charge is -2.36. The van der Waals surface area contributed by atoms with Gasteiger partial charge in [0, 0.05) is 6.54 Å². The topological polar surface area (TPSA) is 29.5 Å². The summed E-state index contributed by atoms with van der Waals surface area (Å²) in [5.41, 5.74) is 3.38. The Morgan fingerprint density at radius 1 is 1.27 bits per heavy atom. The molecule has 0 saturated carbocycles. The third kappa shape index (κ3) is 2.44. The van der Waals surface area contributed by atoms with Crippen molar-refractivity contribution in [2.24, 2.45) is 0 Å². The van der Waals surface area contributed by atoms with Crippen LogP contribution in [0, 0.1) is 12.3 Å². The van der Waals surface area contributed by atoms with Gasteiger partial charge in [0.15, 0.2) is 0 Å². The maximum absolute atomic E-state index is 12.1. The molecule has 2 aromatic carbocycles. The highest BCUT2D eigenvalue weighted by Gasteiger charge is 2.31. The van der Waals surface area contributed by atoms with Gasteiger partial charge in [0.2, 0.25) is 0 Å². The minimum Gasteiger partial charge on any atom is -0.497 e. The van der Waals surface area contributed by atoms with Gasteiger partial charge in [0.25, 0.3) is 5.91 Å². The molecular formula is C19H17NO2. The Bertz CT molecular complexity index is 731. The van der Waals surface area contributed by atoms with Crippen LogP contribution in [0.1, 0.15) is 22.7 Å². The number of carbonyl (C=O) groups excluding carboxylic acids is 1. The quantitative estimate of drug-likeness (QED) is 0.796. The second-order valence-corrected chi connectivity index (χ2v) is 5.27. The van der Waals surface area contributed by atoms with E-state index < -0.39 is 0 Å². The van der Waals surface area contributed by atoms with Crippen molar-refractivity contribution in [3.8, 4) is 18.1 Å². The van der Waals surface area contributed by atoms with Gasteiger partial charge in [-0.05, 0) is 41.2 Å². The van der Waals surface area contributed by atoms with E-state index >= 15 is 0 Å². The summed E-state index contributed by atoms with van der Waals surface area (Å²) in [7, 11) is 1.66. The molecule has 0 bridgehead atoms. The standard InChI is InChI=1S/C19H17NO2/c1-3-18(21)20-12-11-15-13-16(22-2)9-10-17(15)19(20)14-7-5-4-6-8-14/h1,4-10,13,19H,11-12H2,2H3. The van der Waals surface area contributed by atoms with E-state index in [1.54, 1.807) is 12.0 Å². The van der Waals surface area contributed by atoms with E-state index in [1.807, 2.05) is 48.5 Å². The maximum Gasteiger partial charge on any atom is 0.298 e. The zero-order chi connectivity index (χ0) is 15.5. The fourth-order valence-corrected chi connectivity index (χ4v) is 3.03. The first-order valence-corrected chi connectivity index (χ1v) is 7.23. The number of fused-ring (bicyclic) bond motifs is 1. The van der Waals surface area contributed by atoms with Gasteiger partial charge in [-0.25, -0.2) is 0 Å². The van der Waals surface area contributed by atoms with Crippen molar-refractivity contribution >= 4 is 5.91 Å². The van der Waals surface area contributed by atoms with Crippen LogP contribution in [-0.2, 0) is 11.2 Å². The van der Waals surface area contributed by atoms with Gasteiger partial charge >= 0.3 is 0 Å². The average molecular weight is 291 g/mol. The smallest absolute Gasteiger partial charge is 0.298 e. The van der Waals surface area contributed by atoms with Crippen LogP contribution in [0.4, 0.5) is 0 Å². The second kappa shape index (κ2) is 5.95. The van der Waals surface area contributed by atoms with Gasteiger partial charge in [-0.15, -0.1) is 6.42 Å². The van der Waals surface area contributed by atoms with Crippen molar-refractivity contribution in [3.63, 3.8) is 0 Å². The molecule has 1 heterocycles. The Kier molecular flexibility index (Phi) is 3.84. The molecule has 0 radical (unpaired) electrons. The molecule has 1 unspecified atom stereocenters. The maximum atomic E-state index is 12.1. The zero-order valence-electron chi connectivity index (χ0n) is 12.5. The molecule has 3 nitrogen and oxygen atoms in total. The van der Waals surface area contributed by atoms with Crippen LogP contribution in [0.5, 0.6) is 5.75 Å². The molecule has 0 fully saturated rings. The van der Waals surface area contributed by atoms with Crippen LogP contribution in [0.15, 0.2) is 48.5 Å². The largest absolute Gasteiger partial charge is 0.497 e. The Balaban J connectivity index is 2.12. The highest BCUT2D eigenvalue weighted by Crippen LogP contribution is 2.36. The van der Waals surface area contributed by atoms with Crippen molar-refractivity contribution in [1.82, 2.24) is 4.90 Å². The summed E-state index contributed by atoms with van der Waals surface area (Å²) in [5.74, 6) is 2.82. The van der Waals surface area contributed by atoms with Gasteiger partial charge in [-0.3, -0.25) is 4.79 Å². The lowest BCUT2D eigenvalue weighted by Crippen LogP contribution is -2.39. The number of ether oxygens (including phenoxy) is 1. The summed E-state index contributed by atoms with van der Waals surface area (Å²) >= 11 is 0. The number of amides is 1. The first kappa shape index (κ1) is 14.2. The van der Waals surface area contributed by atoms with Crippen molar-refractivity contribution in [3.05, 3.63) is 65.2 Å². The summed E-state index contributed by atoms with van der Waals surface area (Å²) in [5, 5.41) is 0. The van der Waals surface area contributed by atoms with Gasteiger partial charge in [-0.1, -0.05) is 36.4 Å². The normalized spacial score (nSPS) is 16.5. The molecule has 0 spiro atoms. The van der Waals surface area contributed by atoms with Crippen molar-refractivity contribution in [1.29, 1.82) is 0 Å². The summed E-state index contributed by atoms with van der Waals surface area (Å²) in [4.78, 5) is 13.9. The van der Waals surface area contributed by atoms with Crippen LogP contribution in [0.3, 0.4) is 0 Å². The number of rotatable bonds is 2. The Labute approximate surface area is 130 Å². The average Bonchev–Trinajstić information content (AvgIpc) is 2.60. The highest BCUT2D eigenvalue weighted by molar-refractivity contribution is 5.93. The molecule has 0 saturated heterocycles. The van der Waals surface area contributed by atoms with E-state index in [-0.39, 0.29) is 11.9 Å². The van der Waals surface area contributed by atoms with E-state index in [9.17, 15) is 4.79 Å². The zero-order valence-corrected chi connectivity index (χ0v) is 12.5. The summed E-state index contributed by atoms with van der Waals surface area (Å²) in [6.07, 6.45) is 6.13. The van der Waals surface area contributed by atoms with Gasteiger partial charge in [0.05, 0.1) is 13.2 Å². The van der Waals surface area contributed by atoms with Gasteiger partial charge in [0.1, 0.15) is 5.75 Å². The summed E-state index contributed by atoms with van der Waals surface area (Å²) < 4.78 is 5.30. The molecule has 0 N–H and O–H groups in total. The minimum absolute atomic E-state index is 0.139. The molecule has 1 amide bonds. The van der Waals surface area contributed by atoms with E-state index in [4.69, 9.17) is 11.2 Å². The van der Waals surface area contributed by atoms with Crippen LogP contribution in [-0.4, -0.2) is 24.5 Å². The SMILES string of the molecule is C#CC(=O)N1CCc2cc(OC)ccc2C1c1ccccc1. The number of methoxy groups -OCH3 is 1. The van der Waals surface area contributed by atoms with Gasteiger partial charge < -0.3 is 9.64 Å². The molecule has 3 heteroatoms. The van der Waals surface area contributed by atoms with E-state index in [0.717, 1.165) is 23.3 Å². The molecule has 22 heavy (non-hydrogen) atoms. The van der Waals surface area contributed by atoms with Crippen LogP contribution in [0.25, 0.3) is 0 Å². The second-order valence-electron chi connectivity index (χ2n) is 5.27. The predicted molar refractivity (Wildman–Crippen MR) is 85.5 cm³/mol. The molecule has 110 valence electrons. The molecule has 2 aromatic rings. The molecule has 1 atom stereocenters. The fraction of sp³-hybridized carbons (Fsp3) is 0.211. The molecular weight excluding hydrogens is 274 g/mol. The first-order chi connectivity index (χ1) is 10.7. The summed E-state index contributed by atoms with van der Waals surface area (Å²) in [6.45, 7) is 0.614. The van der Waals surface area contributed by atoms with Crippen LogP contribution in [0.2, 0.25) is 0 Å². The predicted octanol–water partition coefficient (Wildman–Crippen LogP) is 2.80. The molecule has 1 aliphatic heterocycles. The Morgan fingerprint density at radius 3 is 2.73 bits per heavy atom. The fourth-order valence-electron chi connectivity index (χ4n) is 3.03. The number of nitrogens with zero attached hydrogens (tertiary/aromatic N) is 1. The molecule has 1 aliphatic rings. The van der Waals surface area contributed by atoms with E-state index in [0.29, 0.717) is 6.54 Å². The Morgan fingerprint density at radius 2 is 2.05 bits per heavy atom. The van der Waals surface area contributed by atoms with Gasteiger partial charge in [-0.2, -0.15) is 0 Å². The molecule has 0 aliphatic carbocycles. The number of hydrogen-bond donors (Lipinski definition) is 0. The van der Waals surface area contributed by atoms with E-state index in [2.05, 4.69) is 5.92 Å². The van der Waals surface area contributed by atoms with Crippen LogP contribution < -0.4 is 4.74 Å². The minimum atomic E-state index is -0.268. The monoisotopic (exact) mass is 291 g/mol. The molecule has 3 rings (SSSR count). The summed E-state index contributed by atoms with van der Waals surface area (Å²) in [6, 6.07) is 15.8. The number of carbonyl (C=O) groups is 1. The third-order valence-electron chi connectivity index (χ3n) is 4.08. The van der Waals surface area contributed by atoms with Crippen molar-refractivity contribution < 1.29 is 9.53 Å².